The SMILES string of the molecule is NCc1ccccc1CNC(=O)CCc1ccccn1. The molecule has 0 saturated heterocycles. The van der Waals surface area contributed by atoms with Gasteiger partial charge >= 0.3 is 0 Å². The summed E-state index contributed by atoms with van der Waals surface area (Å²) in [5, 5.41) is 2.92. The van der Waals surface area contributed by atoms with Gasteiger partial charge in [0.2, 0.25) is 5.91 Å². The number of nitrogens with two attached hydrogens (primary N) is 1. The van der Waals surface area contributed by atoms with Crippen LogP contribution < -0.4 is 11.1 Å². The highest BCUT2D eigenvalue weighted by atomic mass is 16.1. The second-order valence-corrected chi connectivity index (χ2v) is 4.57. The number of rotatable bonds is 6. The van der Waals surface area contributed by atoms with Crippen molar-refractivity contribution in [2.75, 3.05) is 0 Å². The van der Waals surface area contributed by atoms with Crippen molar-refractivity contribution >= 4 is 5.91 Å². The van der Waals surface area contributed by atoms with E-state index in [1.54, 1.807) is 6.20 Å². The fraction of sp³-hybridized carbons (Fsp3) is 0.250. The molecule has 1 aromatic carbocycles. The summed E-state index contributed by atoms with van der Waals surface area (Å²) < 4.78 is 0. The molecule has 2 rings (SSSR count). The average Bonchev–Trinajstić information content (AvgIpc) is 2.52. The van der Waals surface area contributed by atoms with Gasteiger partial charge in [-0.05, 0) is 29.7 Å². The number of carbonyl (C=O) groups is 1. The van der Waals surface area contributed by atoms with Gasteiger partial charge in [-0.15, -0.1) is 0 Å². The molecule has 0 bridgehead atoms. The van der Waals surface area contributed by atoms with Crippen molar-refractivity contribution in [1.82, 2.24) is 10.3 Å². The summed E-state index contributed by atoms with van der Waals surface area (Å²) in [5.74, 6) is 0.0301. The molecule has 2 aromatic rings. The average molecular weight is 269 g/mol. The summed E-state index contributed by atoms with van der Waals surface area (Å²) in [5.41, 5.74) is 8.74. The Morgan fingerprint density at radius 3 is 2.55 bits per heavy atom. The van der Waals surface area contributed by atoms with Crippen LogP contribution in [0.2, 0.25) is 0 Å². The number of nitrogens with zero attached hydrogens (tertiary/aromatic N) is 1. The number of carbonyl (C=O) groups excluding carboxylic acids is 1. The molecule has 0 aliphatic rings. The van der Waals surface area contributed by atoms with Gasteiger partial charge in [0.15, 0.2) is 0 Å². The monoisotopic (exact) mass is 269 g/mol. The molecule has 0 saturated carbocycles. The minimum Gasteiger partial charge on any atom is -0.352 e. The molecule has 20 heavy (non-hydrogen) atoms. The molecule has 1 aromatic heterocycles. The summed E-state index contributed by atoms with van der Waals surface area (Å²) in [4.78, 5) is 16.0. The van der Waals surface area contributed by atoms with Crippen molar-refractivity contribution in [2.24, 2.45) is 5.73 Å². The molecule has 0 radical (unpaired) electrons. The van der Waals surface area contributed by atoms with Crippen LogP contribution in [0.4, 0.5) is 0 Å². The van der Waals surface area contributed by atoms with E-state index in [0.717, 1.165) is 16.8 Å². The summed E-state index contributed by atoms with van der Waals surface area (Å²) in [6.07, 6.45) is 2.84. The van der Waals surface area contributed by atoms with Crippen LogP contribution in [0.5, 0.6) is 0 Å². The number of aryl methyl sites for hydroxylation is 1. The number of benzene rings is 1. The number of hydrogen-bond donors (Lipinski definition) is 2. The molecule has 1 amide bonds. The Kier molecular flexibility index (Phi) is 5.26. The summed E-state index contributed by atoms with van der Waals surface area (Å²) in [6, 6.07) is 13.6. The Morgan fingerprint density at radius 2 is 1.85 bits per heavy atom. The first-order valence-corrected chi connectivity index (χ1v) is 6.73. The lowest BCUT2D eigenvalue weighted by Gasteiger charge is -2.09. The van der Waals surface area contributed by atoms with Gasteiger partial charge < -0.3 is 11.1 Å². The molecule has 0 atom stereocenters. The largest absolute Gasteiger partial charge is 0.352 e. The Balaban J connectivity index is 1.80. The van der Waals surface area contributed by atoms with Crippen LogP contribution >= 0.6 is 0 Å². The van der Waals surface area contributed by atoms with Gasteiger partial charge in [0.1, 0.15) is 0 Å². The lowest BCUT2D eigenvalue weighted by molar-refractivity contribution is -0.121. The molecule has 0 aliphatic carbocycles. The van der Waals surface area contributed by atoms with E-state index in [1.807, 2.05) is 42.5 Å². The first-order valence-electron chi connectivity index (χ1n) is 6.73. The van der Waals surface area contributed by atoms with Crippen LogP contribution in [0.25, 0.3) is 0 Å². The predicted octanol–water partition coefficient (Wildman–Crippen LogP) is 1.79. The van der Waals surface area contributed by atoms with Crippen LogP contribution in [0.1, 0.15) is 23.2 Å². The van der Waals surface area contributed by atoms with Crippen molar-refractivity contribution < 1.29 is 4.79 Å². The minimum absolute atomic E-state index is 0.0301. The van der Waals surface area contributed by atoms with Crippen molar-refractivity contribution in [3.05, 3.63) is 65.5 Å². The van der Waals surface area contributed by atoms with Crippen molar-refractivity contribution in [3.8, 4) is 0 Å². The van der Waals surface area contributed by atoms with Gasteiger partial charge in [0.25, 0.3) is 0 Å². The smallest absolute Gasteiger partial charge is 0.220 e. The number of pyridine rings is 1. The third-order valence-corrected chi connectivity index (χ3v) is 3.15. The van der Waals surface area contributed by atoms with Crippen LogP contribution in [0.3, 0.4) is 0 Å². The fourth-order valence-corrected chi connectivity index (χ4v) is 2.00. The molecule has 0 aliphatic heterocycles. The van der Waals surface area contributed by atoms with Gasteiger partial charge in [-0.25, -0.2) is 0 Å². The third kappa shape index (κ3) is 4.17. The van der Waals surface area contributed by atoms with E-state index in [1.165, 1.54) is 0 Å². The zero-order chi connectivity index (χ0) is 14.2. The second-order valence-electron chi connectivity index (χ2n) is 4.57. The second kappa shape index (κ2) is 7.40. The standard InChI is InChI=1S/C16H19N3O/c17-11-13-5-1-2-6-14(13)12-19-16(20)9-8-15-7-3-4-10-18-15/h1-7,10H,8-9,11-12,17H2,(H,19,20). The Bertz CT molecular complexity index is 555. The number of hydrogen-bond acceptors (Lipinski definition) is 3. The molecule has 104 valence electrons. The lowest BCUT2D eigenvalue weighted by atomic mass is 10.1. The molecule has 0 spiro atoms. The predicted molar refractivity (Wildman–Crippen MR) is 78.7 cm³/mol. The van der Waals surface area contributed by atoms with E-state index in [-0.39, 0.29) is 5.91 Å². The first kappa shape index (κ1) is 14.2. The fourth-order valence-electron chi connectivity index (χ4n) is 2.00. The van der Waals surface area contributed by atoms with Gasteiger partial charge in [-0.1, -0.05) is 30.3 Å². The Morgan fingerprint density at radius 1 is 1.10 bits per heavy atom. The molecule has 4 heteroatoms. The van der Waals surface area contributed by atoms with Gasteiger partial charge in [-0.2, -0.15) is 0 Å². The Hall–Kier alpha value is -2.20. The lowest BCUT2D eigenvalue weighted by Crippen LogP contribution is -2.24. The summed E-state index contributed by atoms with van der Waals surface area (Å²) >= 11 is 0. The van der Waals surface area contributed by atoms with E-state index < -0.39 is 0 Å². The minimum atomic E-state index is 0.0301. The van der Waals surface area contributed by atoms with Crippen LogP contribution in [0.15, 0.2) is 48.7 Å². The number of amides is 1. The topological polar surface area (TPSA) is 68.0 Å². The molecule has 3 N–H and O–H groups in total. The molecule has 1 heterocycles. The molecule has 4 nitrogen and oxygen atoms in total. The van der Waals surface area contributed by atoms with E-state index in [0.29, 0.717) is 25.9 Å². The maximum Gasteiger partial charge on any atom is 0.220 e. The highest BCUT2D eigenvalue weighted by molar-refractivity contribution is 5.76. The highest BCUT2D eigenvalue weighted by Crippen LogP contribution is 2.07. The van der Waals surface area contributed by atoms with E-state index in [2.05, 4.69) is 10.3 Å². The summed E-state index contributed by atoms with van der Waals surface area (Å²) in [7, 11) is 0. The normalized spacial score (nSPS) is 10.2. The molecule has 0 fully saturated rings. The zero-order valence-corrected chi connectivity index (χ0v) is 11.4. The number of nitrogens with one attached hydrogen (secondary N) is 1. The van der Waals surface area contributed by atoms with Crippen LogP contribution in [-0.2, 0) is 24.3 Å². The first-order chi connectivity index (χ1) is 9.79. The molecular formula is C16H19N3O. The third-order valence-electron chi connectivity index (χ3n) is 3.15. The molecule has 0 unspecified atom stereocenters. The van der Waals surface area contributed by atoms with E-state index in [9.17, 15) is 4.79 Å². The van der Waals surface area contributed by atoms with Crippen molar-refractivity contribution in [1.29, 1.82) is 0 Å². The van der Waals surface area contributed by atoms with Gasteiger partial charge in [-0.3, -0.25) is 9.78 Å². The maximum atomic E-state index is 11.8. The molecular weight excluding hydrogens is 250 g/mol. The van der Waals surface area contributed by atoms with E-state index >= 15 is 0 Å². The van der Waals surface area contributed by atoms with Gasteiger partial charge in [0.05, 0.1) is 0 Å². The van der Waals surface area contributed by atoms with Gasteiger partial charge in [0, 0.05) is 31.4 Å². The zero-order valence-electron chi connectivity index (χ0n) is 11.4. The highest BCUT2D eigenvalue weighted by Gasteiger charge is 2.04. The van der Waals surface area contributed by atoms with Crippen LogP contribution in [0, 0.1) is 0 Å². The maximum absolute atomic E-state index is 11.8. The van der Waals surface area contributed by atoms with Crippen molar-refractivity contribution in [3.63, 3.8) is 0 Å². The summed E-state index contributed by atoms with van der Waals surface area (Å²) in [6.45, 7) is 1.01. The van der Waals surface area contributed by atoms with Crippen molar-refractivity contribution in [2.45, 2.75) is 25.9 Å². The number of aromatic nitrogens is 1. The Labute approximate surface area is 119 Å². The van der Waals surface area contributed by atoms with Crippen LogP contribution in [-0.4, -0.2) is 10.9 Å². The van der Waals surface area contributed by atoms with E-state index in [4.69, 9.17) is 5.73 Å². The quantitative estimate of drug-likeness (QED) is 0.840.